The molecule has 0 unspecified atom stereocenters. The van der Waals surface area contributed by atoms with Gasteiger partial charge in [-0.1, -0.05) is 27.5 Å². The van der Waals surface area contributed by atoms with Crippen molar-refractivity contribution in [1.29, 1.82) is 0 Å². The highest BCUT2D eigenvalue weighted by Gasteiger charge is 2.18. The Morgan fingerprint density at radius 2 is 1.81 bits per heavy atom. The van der Waals surface area contributed by atoms with Crippen molar-refractivity contribution in [3.05, 3.63) is 57.0 Å². The van der Waals surface area contributed by atoms with E-state index in [1.165, 1.54) is 36.4 Å². The molecule has 0 aliphatic heterocycles. The molecule has 2 rings (SSSR count). The van der Waals surface area contributed by atoms with Crippen LogP contribution in [0.25, 0.3) is 0 Å². The Morgan fingerprint density at radius 3 is 2.48 bits per heavy atom. The molecule has 2 aromatic rings. The van der Waals surface area contributed by atoms with Crippen LogP contribution in [0.2, 0.25) is 5.02 Å². The maximum Gasteiger partial charge on any atom is 0.347 e. The third-order valence-electron chi connectivity index (χ3n) is 2.55. The number of carbonyl (C=O) groups excluding carboxylic acids is 1. The lowest BCUT2D eigenvalue weighted by Crippen LogP contribution is -2.11. The summed E-state index contributed by atoms with van der Waals surface area (Å²) in [7, 11) is 0. The van der Waals surface area contributed by atoms with Crippen LogP contribution < -0.4 is 4.74 Å². The van der Waals surface area contributed by atoms with E-state index in [1.54, 1.807) is 0 Å². The number of aromatic hydroxyl groups is 1. The first-order valence-electron chi connectivity index (χ1n) is 5.62. The summed E-state index contributed by atoms with van der Waals surface area (Å²) in [6.07, 6.45) is 0. The quantitative estimate of drug-likeness (QED) is 0.634. The normalized spacial score (nSPS) is 10.2. The molecule has 0 aromatic heterocycles. The van der Waals surface area contributed by atoms with Gasteiger partial charge in [0.05, 0.1) is 0 Å². The molecule has 0 atom stereocenters. The molecule has 2 N–H and O–H groups in total. The van der Waals surface area contributed by atoms with Gasteiger partial charge in [-0.15, -0.1) is 0 Å². The third-order valence-corrected chi connectivity index (χ3v) is 3.28. The van der Waals surface area contributed by atoms with Crippen molar-refractivity contribution in [2.24, 2.45) is 0 Å². The van der Waals surface area contributed by atoms with Crippen molar-refractivity contribution in [3.8, 4) is 11.5 Å². The molecule has 0 fully saturated rings. The molecule has 0 bridgehead atoms. The van der Waals surface area contributed by atoms with Gasteiger partial charge in [0, 0.05) is 9.50 Å². The number of carboxylic acid groups (broad SMARTS) is 1. The number of hydrogen-bond donors (Lipinski definition) is 2. The number of phenolic OH excluding ortho intramolecular Hbond substituents is 1. The van der Waals surface area contributed by atoms with Crippen LogP contribution in [-0.4, -0.2) is 22.2 Å². The Bertz CT molecular complexity index is 729. The number of aromatic carboxylic acids is 1. The van der Waals surface area contributed by atoms with E-state index in [1.807, 2.05) is 0 Å². The fraction of sp³-hybridized carbons (Fsp3) is 0. The van der Waals surface area contributed by atoms with Crippen molar-refractivity contribution in [1.82, 2.24) is 0 Å². The second-order valence-corrected chi connectivity index (χ2v) is 5.35. The van der Waals surface area contributed by atoms with Crippen LogP contribution in [0.3, 0.4) is 0 Å². The van der Waals surface area contributed by atoms with Crippen molar-refractivity contribution >= 4 is 39.5 Å². The summed E-state index contributed by atoms with van der Waals surface area (Å²) < 4.78 is 5.56. The monoisotopic (exact) mass is 370 g/mol. The molecular weight excluding hydrogens is 364 g/mol. The molecule has 0 amide bonds. The van der Waals surface area contributed by atoms with Crippen LogP contribution in [0.4, 0.5) is 0 Å². The van der Waals surface area contributed by atoms with Gasteiger partial charge in [0.2, 0.25) is 0 Å². The Labute approximate surface area is 132 Å². The van der Waals surface area contributed by atoms with Crippen LogP contribution in [0.15, 0.2) is 40.9 Å². The number of phenols is 1. The van der Waals surface area contributed by atoms with Gasteiger partial charge in [0.1, 0.15) is 22.6 Å². The standard InChI is InChI=1S/C14H8BrClO5/c15-7-1-4-12(10(5-7)13(18)19)21-14(20)9-6-8(16)2-3-11(9)17/h1-6,17H,(H,18,19). The zero-order chi connectivity index (χ0) is 15.6. The van der Waals surface area contributed by atoms with E-state index in [9.17, 15) is 14.7 Å². The van der Waals surface area contributed by atoms with E-state index in [4.69, 9.17) is 21.4 Å². The van der Waals surface area contributed by atoms with Crippen LogP contribution in [0, 0.1) is 0 Å². The fourth-order valence-electron chi connectivity index (χ4n) is 1.58. The Morgan fingerprint density at radius 1 is 1.10 bits per heavy atom. The summed E-state index contributed by atoms with van der Waals surface area (Å²) in [6, 6.07) is 8.08. The zero-order valence-corrected chi connectivity index (χ0v) is 12.7. The molecule has 0 heterocycles. The van der Waals surface area contributed by atoms with Crippen LogP contribution in [-0.2, 0) is 0 Å². The molecule has 0 spiro atoms. The largest absolute Gasteiger partial charge is 0.507 e. The summed E-state index contributed by atoms with van der Waals surface area (Å²) in [6.45, 7) is 0. The first-order chi connectivity index (χ1) is 9.88. The first kappa shape index (κ1) is 15.3. The lowest BCUT2D eigenvalue weighted by Gasteiger charge is -2.09. The van der Waals surface area contributed by atoms with E-state index in [-0.39, 0.29) is 27.6 Å². The summed E-state index contributed by atoms with van der Waals surface area (Å²) in [5.74, 6) is -2.58. The van der Waals surface area contributed by atoms with Crippen molar-refractivity contribution in [2.75, 3.05) is 0 Å². The highest BCUT2D eigenvalue weighted by Crippen LogP contribution is 2.27. The van der Waals surface area contributed by atoms with E-state index in [0.717, 1.165) is 0 Å². The van der Waals surface area contributed by atoms with E-state index in [2.05, 4.69) is 15.9 Å². The lowest BCUT2D eigenvalue weighted by atomic mass is 10.2. The van der Waals surface area contributed by atoms with Gasteiger partial charge in [0.15, 0.2) is 0 Å². The fourth-order valence-corrected chi connectivity index (χ4v) is 2.12. The minimum absolute atomic E-state index is 0.130. The predicted molar refractivity (Wildman–Crippen MR) is 79.2 cm³/mol. The Kier molecular flexibility index (Phi) is 4.50. The van der Waals surface area contributed by atoms with Crippen molar-refractivity contribution in [2.45, 2.75) is 0 Å². The van der Waals surface area contributed by atoms with E-state index in [0.29, 0.717) is 4.47 Å². The molecule has 21 heavy (non-hydrogen) atoms. The molecule has 0 aliphatic carbocycles. The van der Waals surface area contributed by atoms with Gasteiger partial charge in [-0.05, 0) is 36.4 Å². The smallest absolute Gasteiger partial charge is 0.347 e. The molecule has 0 aliphatic rings. The highest BCUT2D eigenvalue weighted by molar-refractivity contribution is 9.10. The van der Waals surface area contributed by atoms with Crippen molar-refractivity contribution < 1.29 is 24.5 Å². The average Bonchev–Trinajstić information content (AvgIpc) is 2.43. The molecular formula is C14H8BrClO5. The maximum atomic E-state index is 12.0. The molecule has 0 saturated carbocycles. The number of esters is 1. The second kappa shape index (κ2) is 6.15. The zero-order valence-electron chi connectivity index (χ0n) is 10.3. The SMILES string of the molecule is O=C(Oc1ccc(Br)cc1C(=O)O)c1cc(Cl)ccc1O. The number of hydrogen-bond acceptors (Lipinski definition) is 4. The highest BCUT2D eigenvalue weighted by atomic mass is 79.9. The van der Waals surface area contributed by atoms with Gasteiger partial charge < -0.3 is 14.9 Å². The molecule has 0 radical (unpaired) electrons. The summed E-state index contributed by atoms with van der Waals surface area (Å²) in [4.78, 5) is 23.1. The van der Waals surface area contributed by atoms with Gasteiger partial charge in [-0.25, -0.2) is 9.59 Å². The molecule has 7 heteroatoms. The topological polar surface area (TPSA) is 83.8 Å². The number of ether oxygens (including phenoxy) is 1. The summed E-state index contributed by atoms with van der Waals surface area (Å²) >= 11 is 8.88. The van der Waals surface area contributed by atoms with Gasteiger partial charge in [-0.2, -0.15) is 0 Å². The van der Waals surface area contributed by atoms with Crippen molar-refractivity contribution in [3.63, 3.8) is 0 Å². The minimum Gasteiger partial charge on any atom is -0.507 e. The number of carbonyl (C=O) groups is 2. The Hall–Kier alpha value is -2.05. The number of halogens is 2. The molecule has 108 valence electrons. The van der Waals surface area contributed by atoms with Crippen LogP contribution in [0.1, 0.15) is 20.7 Å². The third kappa shape index (κ3) is 3.53. The maximum absolute atomic E-state index is 12.0. The second-order valence-electron chi connectivity index (χ2n) is 4.00. The van der Waals surface area contributed by atoms with Crippen LogP contribution in [0.5, 0.6) is 11.5 Å². The summed E-state index contributed by atoms with van der Waals surface area (Å²) in [5.41, 5.74) is -0.332. The molecule has 0 saturated heterocycles. The van der Waals surface area contributed by atoms with E-state index < -0.39 is 11.9 Å². The molecule has 2 aromatic carbocycles. The lowest BCUT2D eigenvalue weighted by molar-refractivity contribution is 0.0681. The van der Waals surface area contributed by atoms with Gasteiger partial charge >= 0.3 is 11.9 Å². The Balaban J connectivity index is 2.36. The summed E-state index contributed by atoms with van der Waals surface area (Å²) in [5, 5.41) is 19.0. The average molecular weight is 372 g/mol. The number of benzene rings is 2. The number of carboxylic acids is 1. The molecule has 5 nitrogen and oxygen atoms in total. The van der Waals surface area contributed by atoms with E-state index >= 15 is 0 Å². The van der Waals surface area contributed by atoms with Gasteiger partial charge in [-0.3, -0.25) is 0 Å². The van der Waals surface area contributed by atoms with Crippen LogP contribution >= 0.6 is 27.5 Å². The minimum atomic E-state index is -1.24. The number of rotatable bonds is 3. The predicted octanol–water partition coefficient (Wildman–Crippen LogP) is 3.73. The first-order valence-corrected chi connectivity index (χ1v) is 6.79. The van der Waals surface area contributed by atoms with Gasteiger partial charge in [0.25, 0.3) is 0 Å².